The van der Waals surface area contributed by atoms with Crippen molar-refractivity contribution in [3.63, 3.8) is 0 Å². The fourth-order valence-corrected chi connectivity index (χ4v) is 3.03. The molecular formula is C17H28N2O. The van der Waals surface area contributed by atoms with Gasteiger partial charge in [0, 0.05) is 25.7 Å². The summed E-state index contributed by atoms with van der Waals surface area (Å²) < 4.78 is 5.80. The average Bonchev–Trinajstić information content (AvgIpc) is 2.48. The minimum atomic E-state index is 0.418. The van der Waals surface area contributed by atoms with E-state index in [9.17, 15) is 0 Å². The van der Waals surface area contributed by atoms with E-state index in [-0.39, 0.29) is 0 Å². The third-order valence-electron chi connectivity index (χ3n) is 3.96. The van der Waals surface area contributed by atoms with Crippen molar-refractivity contribution in [2.24, 2.45) is 0 Å². The molecule has 0 aromatic heterocycles. The van der Waals surface area contributed by atoms with Crippen molar-refractivity contribution in [3.8, 4) is 0 Å². The zero-order chi connectivity index (χ0) is 14.2. The van der Waals surface area contributed by atoms with Crippen molar-refractivity contribution in [2.75, 3.05) is 32.8 Å². The molecule has 2 unspecified atom stereocenters. The van der Waals surface area contributed by atoms with Crippen LogP contribution in [0.25, 0.3) is 0 Å². The Bertz CT molecular complexity index is 367. The van der Waals surface area contributed by atoms with Gasteiger partial charge in [-0.15, -0.1) is 0 Å². The Morgan fingerprint density at radius 2 is 2.10 bits per heavy atom. The lowest BCUT2D eigenvalue weighted by molar-refractivity contribution is 0.00352. The van der Waals surface area contributed by atoms with Crippen molar-refractivity contribution in [3.05, 3.63) is 35.9 Å². The van der Waals surface area contributed by atoms with Crippen LogP contribution in [0.15, 0.2) is 30.3 Å². The van der Waals surface area contributed by atoms with Crippen LogP contribution in [0.2, 0.25) is 0 Å². The molecule has 1 N–H and O–H groups in total. The largest absolute Gasteiger partial charge is 0.377 e. The van der Waals surface area contributed by atoms with Gasteiger partial charge in [-0.05, 0) is 38.4 Å². The Morgan fingerprint density at radius 3 is 2.80 bits per heavy atom. The van der Waals surface area contributed by atoms with E-state index >= 15 is 0 Å². The number of nitrogens with one attached hydrogen (secondary N) is 1. The topological polar surface area (TPSA) is 24.5 Å². The first-order chi connectivity index (χ1) is 9.83. The molecule has 1 aromatic rings. The van der Waals surface area contributed by atoms with Crippen LogP contribution in [-0.2, 0) is 4.74 Å². The van der Waals surface area contributed by atoms with E-state index in [4.69, 9.17) is 4.74 Å². The first kappa shape index (κ1) is 15.5. The number of piperidine rings is 1. The smallest absolute Gasteiger partial charge is 0.0702 e. The number of likely N-dealkylation sites (N-methyl/N-ethyl adjacent to an activating group) is 1. The van der Waals surface area contributed by atoms with Gasteiger partial charge in [-0.1, -0.05) is 37.3 Å². The maximum Gasteiger partial charge on any atom is 0.0702 e. The standard InChI is InChI=1S/C17H28N2O/c1-3-18-17(15-9-6-5-7-10-15)14-19-12-8-11-16(13-19)20-4-2/h5-7,9-10,16-18H,3-4,8,11-14H2,1-2H3. The minimum absolute atomic E-state index is 0.418. The molecule has 1 fully saturated rings. The van der Waals surface area contributed by atoms with Crippen LogP contribution in [-0.4, -0.2) is 43.8 Å². The molecule has 20 heavy (non-hydrogen) atoms. The van der Waals surface area contributed by atoms with Gasteiger partial charge in [-0.25, -0.2) is 0 Å². The second kappa shape index (κ2) is 8.40. The molecule has 0 saturated carbocycles. The third-order valence-corrected chi connectivity index (χ3v) is 3.96. The summed E-state index contributed by atoms with van der Waals surface area (Å²) in [4.78, 5) is 2.55. The number of nitrogens with zero attached hydrogens (tertiary/aromatic N) is 1. The Morgan fingerprint density at radius 1 is 1.30 bits per heavy atom. The molecule has 2 rings (SSSR count). The first-order valence-corrected chi connectivity index (χ1v) is 7.95. The number of hydrogen-bond acceptors (Lipinski definition) is 3. The van der Waals surface area contributed by atoms with Crippen molar-refractivity contribution in [2.45, 2.75) is 38.8 Å². The molecule has 0 radical (unpaired) electrons. The fraction of sp³-hybridized carbons (Fsp3) is 0.647. The Hall–Kier alpha value is -0.900. The van der Waals surface area contributed by atoms with Crippen LogP contribution in [0.3, 0.4) is 0 Å². The summed E-state index contributed by atoms with van der Waals surface area (Å²) in [6.07, 6.45) is 2.88. The van der Waals surface area contributed by atoms with E-state index in [1.807, 2.05) is 0 Å². The SMILES string of the molecule is CCNC(CN1CCCC(OCC)C1)c1ccccc1. The summed E-state index contributed by atoms with van der Waals surface area (Å²) in [5.41, 5.74) is 1.38. The molecule has 1 heterocycles. The molecule has 3 nitrogen and oxygen atoms in total. The molecule has 0 amide bonds. The van der Waals surface area contributed by atoms with Gasteiger partial charge in [0.1, 0.15) is 0 Å². The normalized spacial score (nSPS) is 21.8. The van der Waals surface area contributed by atoms with E-state index < -0.39 is 0 Å². The van der Waals surface area contributed by atoms with E-state index in [0.717, 1.165) is 26.2 Å². The lowest BCUT2D eigenvalue weighted by atomic mass is 10.0. The summed E-state index contributed by atoms with van der Waals surface area (Å²) >= 11 is 0. The van der Waals surface area contributed by atoms with E-state index in [2.05, 4.69) is 54.4 Å². The highest BCUT2D eigenvalue weighted by Crippen LogP contribution is 2.19. The molecule has 112 valence electrons. The Balaban J connectivity index is 1.94. The highest BCUT2D eigenvalue weighted by Gasteiger charge is 2.22. The number of hydrogen-bond donors (Lipinski definition) is 1. The first-order valence-electron chi connectivity index (χ1n) is 7.95. The van der Waals surface area contributed by atoms with Crippen molar-refractivity contribution >= 4 is 0 Å². The van der Waals surface area contributed by atoms with E-state index in [0.29, 0.717) is 12.1 Å². The van der Waals surface area contributed by atoms with Crippen LogP contribution >= 0.6 is 0 Å². The number of rotatable bonds is 7. The molecule has 2 atom stereocenters. The Kier molecular flexibility index (Phi) is 6.51. The highest BCUT2D eigenvalue weighted by molar-refractivity contribution is 5.19. The molecular weight excluding hydrogens is 248 g/mol. The summed E-state index contributed by atoms with van der Waals surface area (Å²) in [6.45, 7) is 9.43. The predicted molar refractivity (Wildman–Crippen MR) is 83.9 cm³/mol. The molecule has 1 aliphatic rings. The monoisotopic (exact) mass is 276 g/mol. The summed E-state index contributed by atoms with van der Waals surface area (Å²) in [7, 11) is 0. The fourth-order valence-electron chi connectivity index (χ4n) is 3.03. The molecule has 0 bridgehead atoms. The molecule has 1 saturated heterocycles. The van der Waals surface area contributed by atoms with Gasteiger partial charge < -0.3 is 10.1 Å². The number of benzene rings is 1. The van der Waals surface area contributed by atoms with Crippen LogP contribution in [0.1, 0.15) is 38.3 Å². The van der Waals surface area contributed by atoms with Gasteiger partial charge in [0.2, 0.25) is 0 Å². The maximum absolute atomic E-state index is 5.80. The van der Waals surface area contributed by atoms with Crippen molar-refractivity contribution < 1.29 is 4.74 Å². The van der Waals surface area contributed by atoms with Crippen molar-refractivity contribution in [1.82, 2.24) is 10.2 Å². The zero-order valence-corrected chi connectivity index (χ0v) is 12.8. The minimum Gasteiger partial charge on any atom is -0.377 e. The van der Waals surface area contributed by atoms with Crippen LogP contribution in [0, 0.1) is 0 Å². The van der Waals surface area contributed by atoms with Crippen molar-refractivity contribution in [1.29, 1.82) is 0 Å². The second-order valence-corrected chi connectivity index (χ2v) is 5.50. The van der Waals surface area contributed by atoms with Gasteiger partial charge in [0.05, 0.1) is 6.10 Å². The average molecular weight is 276 g/mol. The number of likely N-dealkylation sites (tertiary alicyclic amines) is 1. The predicted octanol–water partition coefficient (Wildman–Crippen LogP) is 2.84. The van der Waals surface area contributed by atoms with Crippen LogP contribution < -0.4 is 5.32 Å². The van der Waals surface area contributed by atoms with E-state index in [1.165, 1.54) is 24.9 Å². The van der Waals surface area contributed by atoms with Gasteiger partial charge in [0.25, 0.3) is 0 Å². The molecule has 0 aliphatic carbocycles. The Labute approximate surface area is 123 Å². The second-order valence-electron chi connectivity index (χ2n) is 5.50. The summed E-state index contributed by atoms with van der Waals surface area (Å²) in [5, 5.41) is 3.61. The van der Waals surface area contributed by atoms with E-state index in [1.54, 1.807) is 0 Å². The summed E-state index contributed by atoms with van der Waals surface area (Å²) in [6, 6.07) is 11.2. The highest BCUT2D eigenvalue weighted by atomic mass is 16.5. The van der Waals surface area contributed by atoms with Gasteiger partial charge in [-0.3, -0.25) is 4.90 Å². The lowest BCUT2D eigenvalue weighted by Crippen LogP contribution is -2.43. The zero-order valence-electron chi connectivity index (χ0n) is 12.8. The molecule has 1 aromatic carbocycles. The van der Waals surface area contributed by atoms with Gasteiger partial charge in [0.15, 0.2) is 0 Å². The quantitative estimate of drug-likeness (QED) is 0.829. The summed E-state index contributed by atoms with van der Waals surface area (Å²) in [5.74, 6) is 0. The molecule has 1 aliphatic heterocycles. The maximum atomic E-state index is 5.80. The molecule has 0 spiro atoms. The molecule has 3 heteroatoms. The van der Waals surface area contributed by atoms with Crippen LogP contribution in [0.5, 0.6) is 0 Å². The van der Waals surface area contributed by atoms with Gasteiger partial charge in [-0.2, -0.15) is 0 Å². The lowest BCUT2D eigenvalue weighted by Gasteiger charge is -2.35. The van der Waals surface area contributed by atoms with Crippen LogP contribution in [0.4, 0.5) is 0 Å². The number of ether oxygens (including phenoxy) is 1. The van der Waals surface area contributed by atoms with Gasteiger partial charge >= 0.3 is 0 Å². The third kappa shape index (κ3) is 4.58.